The predicted octanol–water partition coefficient (Wildman–Crippen LogP) is 19.1. The Labute approximate surface area is 400 Å². The van der Waals surface area contributed by atoms with Crippen LogP contribution in [0.15, 0.2) is 224 Å². The molecule has 0 spiro atoms. The van der Waals surface area contributed by atoms with Gasteiger partial charge < -0.3 is 27.5 Å². The summed E-state index contributed by atoms with van der Waals surface area (Å²) in [7, 11) is 0. The monoisotopic (exact) mass is 900 g/mol. The summed E-state index contributed by atoms with van der Waals surface area (Å²) in [6.07, 6.45) is 0. The van der Waals surface area contributed by atoms with E-state index in [9.17, 15) is 0 Å². The van der Waals surface area contributed by atoms with Gasteiger partial charge in [-0.15, -0.1) is 0 Å². The number of aryl methyl sites for hydroxylation is 2. The lowest BCUT2D eigenvalue weighted by Gasteiger charge is -2.27. The average molecular weight is 901 g/mol. The summed E-state index contributed by atoms with van der Waals surface area (Å²) < 4.78 is 26.7. The van der Waals surface area contributed by atoms with Gasteiger partial charge in [0, 0.05) is 88.7 Å². The van der Waals surface area contributed by atoms with E-state index in [1.165, 1.54) is 11.1 Å². The number of fused-ring (bicyclic) bond motifs is 17. The van der Waals surface area contributed by atoms with E-state index < -0.39 is 0 Å². The Bertz CT molecular complexity index is 4330. The third kappa shape index (κ3) is 5.68. The van der Waals surface area contributed by atoms with Crippen molar-refractivity contribution in [3.05, 3.63) is 217 Å². The molecule has 15 aromatic rings. The minimum atomic E-state index is 0.797. The van der Waals surface area contributed by atoms with Gasteiger partial charge in [0.2, 0.25) is 0 Å². The minimum absolute atomic E-state index is 0.797. The molecule has 0 saturated carbocycles. The van der Waals surface area contributed by atoms with E-state index in [4.69, 9.17) is 17.7 Å². The number of hydrogen-bond acceptors (Lipinski definition) is 6. The van der Waals surface area contributed by atoms with Crippen LogP contribution in [0.5, 0.6) is 0 Å². The number of hydrogen-bond donors (Lipinski definition) is 0. The van der Waals surface area contributed by atoms with Gasteiger partial charge in [0.25, 0.3) is 0 Å². The summed E-state index contributed by atoms with van der Waals surface area (Å²) in [6.45, 7) is 4.25. The van der Waals surface area contributed by atoms with E-state index in [0.717, 1.165) is 143 Å². The molecule has 0 aliphatic heterocycles. The van der Waals surface area contributed by atoms with Gasteiger partial charge in [0.05, 0.1) is 11.4 Å². The Morgan fingerprint density at radius 2 is 0.571 bits per heavy atom. The standard InChI is InChI=1S/C64H40N2O4/c1-37-19-23-39(24-20-37)65(41-27-29-55-49(33-41)45-13-7-9-17-53(45)67-55)51-35-59-61(47-15-5-3-11-43(47)51)63-57(69-59)31-32-58-64(63)62-48-16-6-4-12-44(48)52(36-60(62)70-58)66(40-25-21-38(2)22-26-40)42-28-30-56-50(34-42)46-14-8-10-18-54(46)68-56/h3-36H,1-2H3. The Morgan fingerprint density at radius 3 is 1.00 bits per heavy atom. The highest BCUT2D eigenvalue weighted by atomic mass is 16.3. The summed E-state index contributed by atoms with van der Waals surface area (Å²) in [5.74, 6) is 0. The molecule has 0 unspecified atom stereocenters. The molecule has 0 atom stereocenters. The van der Waals surface area contributed by atoms with Crippen molar-refractivity contribution in [3.63, 3.8) is 0 Å². The number of rotatable bonds is 6. The van der Waals surface area contributed by atoms with Gasteiger partial charge >= 0.3 is 0 Å². The molecule has 0 aliphatic carbocycles. The number of nitrogens with zero attached hydrogens (tertiary/aromatic N) is 2. The van der Waals surface area contributed by atoms with Crippen LogP contribution in [0.2, 0.25) is 0 Å². The quantitative estimate of drug-likeness (QED) is 0.166. The van der Waals surface area contributed by atoms with Crippen LogP contribution in [-0.4, -0.2) is 0 Å². The SMILES string of the molecule is Cc1ccc(N(c2ccc3oc4ccccc4c3c2)c2cc3oc4ccc5oc6cc(N(c7ccc(C)cc7)c7ccc8oc9ccccc9c8c7)c7ccccc7c6c5c4c3c3ccccc23)cc1. The molecule has 0 aliphatic rings. The molecule has 70 heavy (non-hydrogen) atoms. The van der Waals surface area contributed by atoms with Crippen LogP contribution in [0.3, 0.4) is 0 Å². The van der Waals surface area contributed by atoms with E-state index >= 15 is 0 Å². The van der Waals surface area contributed by atoms with Crippen LogP contribution in [0.25, 0.3) is 109 Å². The maximum atomic E-state index is 7.04. The number of anilines is 6. The maximum absolute atomic E-state index is 7.04. The van der Waals surface area contributed by atoms with Crippen LogP contribution >= 0.6 is 0 Å². The van der Waals surface area contributed by atoms with Crippen molar-refractivity contribution in [2.24, 2.45) is 0 Å². The second kappa shape index (κ2) is 14.6. The molecule has 6 nitrogen and oxygen atoms in total. The largest absolute Gasteiger partial charge is 0.456 e. The highest BCUT2D eigenvalue weighted by Gasteiger charge is 2.26. The van der Waals surface area contributed by atoms with Crippen molar-refractivity contribution in [1.82, 2.24) is 0 Å². The first-order chi connectivity index (χ1) is 34.5. The normalized spacial score (nSPS) is 12.1. The molecule has 0 bridgehead atoms. The zero-order valence-electron chi connectivity index (χ0n) is 38.2. The summed E-state index contributed by atoms with van der Waals surface area (Å²) >= 11 is 0. The molecule has 0 saturated heterocycles. The molecule has 0 amide bonds. The van der Waals surface area contributed by atoms with Gasteiger partial charge in [0.1, 0.15) is 44.7 Å². The Kier molecular flexibility index (Phi) is 8.10. The third-order valence-corrected chi connectivity index (χ3v) is 14.3. The summed E-state index contributed by atoms with van der Waals surface area (Å²) in [5, 5.41) is 12.9. The van der Waals surface area contributed by atoms with Crippen LogP contribution in [0, 0.1) is 13.8 Å². The fourth-order valence-corrected chi connectivity index (χ4v) is 11.1. The second-order valence-electron chi connectivity index (χ2n) is 18.5. The maximum Gasteiger partial charge on any atom is 0.138 e. The smallest absolute Gasteiger partial charge is 0.138 e. The van der Waals surface area contributed by atoms with Gasteiger partial charge in [-0.2, -0.15) is 0 Å². The molecule has 0 N–H and O–H groups in total. The van der Waals surface area contributed by atoms with Crippen LogP contribution in [0.1, 0.15) is 11.1 Å². The van der Waals surface area contributed by atoms with Crippen molar-refractivity contribution in [2.75, 3.05) is 9.80 Å². The van der Waals surface area contributed by atoms with Gasteiger partial charge in [0.15, 0.2) is 0 Å². The van der Waals surface area contributed by atoms with E-state index in [0.29, 0.717) is 0 Å². The van der Waals surface area contributed by atoms with Crippen LogP contribution < -0.4 is 9.80 Å². The van der Waals surface area contributed by atoms with E-state index in [-0.39, 0.29) is 0 Å². The van der Waals surface area contributed by atoms with Gasteiger partial charge in [-0.05, 0) is 110 Å². The first kappa shape index (κ1) is 38.8. The zero-order chi connectivity index (χ0) is 46.2. The van der Waals surface area contributed by atoms with Crippen molar-refractivity contribution in [1.29, 1.82) is 0 Å². The van der Waals surface area contributed by atoms with Crippen LogP contribution in [-0.2, 0) is 0 Å². The van der Waals surface area contributed by atoms with Gasteiger partial charge in [-0.3, -0.25) is 0 Å². The van der Waals surface area contributed by atoms with Gasteiger partial charge in [-0.1, -0.05) is 120 Å². The molecular weight excluding hydrogens is 861 g/mol. The van der Waals surface area contributed by atoms with E-state index in [1.54, 1.807) is 0 Å². The summed E-state index contributed by atoms with van der Waals surface area (Å²) in [6, 6.07) is 73.0. The zero-order valence-corrected chi connectivity index (χ0v) is 38.2. The number of para-hydroxylation sites is 2. The second-order valence-corrected chi connectivity index (χ2v) is 18.5. The first-order valence-corrected chi connectivity index (χ1v) is 23.7. The molecular formula is C64H40N2O4. The fraction of sp³-hybridized carbons (Fsp3) is 0.0312. The molecule has 330 valence electrons. The first-order valence-electron chi connectivity index (χ1n) is 23.7. The lowest BCUT2D eigenvalue weighted by Crippen LogP contribution is -2.10. The molecule has 4 heterocycles. The van der Waals surface area contributed by atoms with Gasteiger partial charge in [-0.25, -0.2) is 0 Å². The molecule has 0 radical (unpaired) electrons. The lowest BCUT2D eigenvalue weighted by atomic mass is 9.96. The molecule has 0 fully saturated rings. The fourth-order valence-electron chi connectivity index (χ4n) is 11.1. The minimum Gasteiger partial charge on any atom is -0.456 e. The Balaban J connectivity index is 0.983. The molecule has 4 aromatic heterocycles. The Hall–Kier alpha value is -9.26. The summed E-state index contributed by atoms with van der Waals surface area (Å²) in [4.78, 5) is 4.69. The van der Waals surface area contributed by atoms with Crippen molar-refractivity contribution >= 4 is 143 Å². The van der Waals surface area contributed by atoms with Crippen molar-refractivity contribution < 1.29 is 17.7 Å². The predicted molar refractivity (Wildman–Crippen MR) is 289 cm³/mol. The number of benzene rings is 11. The van der Waals surface area contributed by atoms with E-state index in [1.807, 2.05) is 24.3 Å². The third-order valence-electron chi connectivity index (χ3n) is 14.3. The molecule has 15 rings (SSSR count). The molecule has 11 aromatic carbocycles. The number of furan rings is 4. The van der Waals surface area contributed by atoms with E-state index in [2.05, 4.69) is 206 Å². The lowest BCUT2D eigenvalue weighted by molar-refractivity contribution is 0.663. The topological polar surface area (TPSA) is 59.0 Å². The Morgan fingerprint density at radius 1 is 0.243 bits per heavy atom. The highest BCUT2D eigenvalue weighted by molar-refractivity contribution is 6.35. The highest BCUT2D eigenvalue weighted by Crippen LogP contribution is 2.51. The van der Waals surface area contributed by atoms with Crippen molar-refractivity contribution in [3.8, 4) is 0 Å². The summed E-state index contributed by atoms with van der Waals surface area (Å²) in [5.41, 5.74) is 15.2. The van der Waals surface area contributed by atoms with Crippen molar-refractivity contribution in [2.45, 2.75) is 13.8 Å². The average Bonchev–Trinajstić information content (AvgIpc) is 4.18. The van der Waals surface area contributed by atoms with Crippen LogP contribution in [0.4, 0.5) is 34.1 Å². The molecule has 6 heteroatoms.